The summed E-state index contributed by atoms with van der Waals surface area (Å²) in [5.41, 5.74) is 1.28. The topological polar surface area (TPSA) is 46.2 Å². The maximum Gasteiger partial charge on any atom is 0.155 e. The van der Waals surface area contributed by atoms with E-state index in [1.165, 1.54) is 5.56 Å². The molecular formula is C17H29NO2S. The van der Waals surface area contributed by atoms with Crippen LogP contribution in [-0.2, 0) is 9.84 Å². The molecule has 1 N–H and O–H groups in total. The fourth-order valence-electron chi connectivity index (χ4n) is 2.26. The van der Waals surface area contributed by atoms with Crippen molar-refractivity contribution in [1.29, 1.82) is 0 Å². The van der Waals surface area contributed by atoms with E-state index in [9.17, 15) is 8.42 Å². The fraction of sp³-hybridized carbons (Fsp3) is 0.647. The number of rotatable bonds is 8. The van der Waals surface area contributed by atoms with Gasteiger partial charge in [0.15, 0.2) is 9.84 Å². The summed E-state index contributed by atoms with van der Waals surface area (Å²) in [7, 11) is -3.02. The van der Waals surface area contributed by atoms with Crippen LogP contribution in [0.3, 0.4) is 0 Å². The molecule has 0 aliphatic carbocycles. The highest BCUT2D eigenvalue weighted by Crippen LogP contribution is 2.23. The first kappa shape index (κ1) is 18.2. The van der Waals surface area contributed by atoms with Crippen molar-refractivity contribution in [3.63, 3.8) is 0 Å². The van der Waals surface area contributed by atoms with E-state index in [-0.39, 0.29) is 5.75 Å². The summed E-state index contributed by atoms with van der Waals surface area (Å²) >= 11 is 0. The predicted molar refractivity (Wildman–Crippen MR) is 90.5 cm³/mol. The second-order valence-electron chi connectivity index (χ2n) is 6.49. The molecule has 0 saturated heterocycles. The maximum absolute atomic E-state index is 12.2. The first-order chi connectivity index (χ1) is 9.78. The van der Waals surface area contributed by atoms with Crippen LogP contribution < -0.4 is 5.32 Å². The normalized spacial score (nSPS) is 14.1. The minimum absolute atomic E-state index is 0.270. The Kier molecular flexibility index (Phi) is 6.88. The van der Waals surface area contributed by atoms with Gasteiger partial charge in [0.2, 0.25) is 0 Å². The van der Waals surface area contributed by atoms with Crippen LogP contribution in [0, 0.1) is 0 Å². The van der Waals surface area contributed by atoms with Crippen LogP contribution in [0.4, 0.5) is 0 Å². The van der Waals surface area contributed by atoms with Crippen LogP contribution in [0.15, 0.2) is 30.3 Å². The molecule has 1 aromatic rings. The average Bonchev–Trinajstić information content (AvgIpc) is 2.42. The third-order valence-electron chi connectivity index (χ3n) is 3.81. The fourth-order valence-corrected chi connectivity index (χ4v) is 3.42. The van der Waals surface area contributed by atoms with E-state index in [0.717, 1.165) is 19.5 Å². The van der Waals surface area contributed by atoms with Crippen molar-refractivity contribution in [1.82, 2.24) is 5.32 Å². The monoisotopic (exact) mass is 311 g/mol. The van der Waals surface area contributed by atoms with E-state index < -0.39 is 14.6 Å². The molecule has 120 valence electrons. The molecule has 4 heteroatoms. The van der Waals surface area contributed by atoms with Gasteiger partial charge in [-0.3, -0.25) is 0 Å². The standard InChI is InChI=1S/C17H29NO2S/c1-5-18-14-16(15-10-7-6-8-11-15)12-9-13-21(19,20)17(2,3)4/h6-8,10-11,16,18H,5,9,12-14H2,1-4H3. The van der Waals surface area contributed by atoms with Gasteiger partial charge in [-0.25, -0.2) is 8.42 Å². The molecular weight excluding hydrogens is 282 g/mol. The highest BCUT2D eigenvalue weighted by molar-refractivity contribution is 7.92. The lowest BCUT2D eigenvalue weighted by atomic mass is 9.94. The van der Waals surface area contributed by atoms with Crippen LogP contribution >= 0.6 is 0 Å². The molecule has 0 aliphatic rings. The number of hydrogen-bond donors (Lipinski definition) is 1. The Bertz CT molecular complexity index is 503. The summed E-state index contributed by atoms with van der Waals surface area (Å²) in [6.45, 7) is 9.24. The second-order valence-corrected chi connectivity index (χ2v) is 9.35. The summed E-state index contributed by atoms with van der Waals surface area (Å²) in [5.74, 6) is 0.646. The highest BCUT2D eigenvalue weighted by Gasteiger charge is 2.28. The van der Waals surface area contributed by atoms with Crippen molar-refractivity contribution in [3.8, 4) is 0 Å². The molecule has 0 radical (unpaired) electrons. The molecule has 0 saturated carbocycles. The molecule has 0 spiro atoms. The molecule has 0 aliphatic heterocycles. The highest BCUT2D eigenvalue weighted by atomic mass is 32.2. The average molecular weight is 311 g/mol. The van der Waals surface area contributed by atoms with Crippen molar-refractivity contribution < 1.29 is 8.42 Å². The zero-order chi connectivity index (χ0) is 15.9. The van der Waals surface area contributed by atoms with Gasteiger partial charge in [-0.05, 0) is 51.6 Å². The molecule has 0 amide bonds. The number of likely N-dealkylation sites (N-methyl/N-ethyl adjacent to an activating group) is 1. The van der Waals surface area contributed by atoms with E-state index in [0.29, 0.717) is 12.3 Å². The minimum atomic E-state index is -3.02. The quantitative estimate of drug-likeness (QED) is 0.800. The molecule has 0 bridgehead atoms. The summed E-state index contributed by atoms with van der Waals surface area (Å²) in [6, 6.07) is 10.3. The van der Waals surface area contributed by atoms with Gasteiger partial charge >= 0.3 is 0 Å². The predicted octanol–water partition coefficient (Wildman–Crippen LogP) is 3.37. The van der Waals surface area contributed by atoms with E-state index in [1.54, 1.807) is 20.8 Å². The number of hydrogen-bond acceptors (Lipinski definition) is 3. The number of sulfone groups is 1. The summed E-state index contributed by atoms with van der Waals surface area (Å²) in [6.07, 6.45) is 1.61. The molecule has 1 unspecified atom stereocenters. The van der Waals surface area contributed by atoms with Crippen LogP contribution in [0.5, 0.6) is 0 Å². The summed E-state index contributed by atoms with van der Waals surface area (Å²) < 4.78 is 23.7. The minimum Gasteiger partial charge on any atom is -0.316 e. The van der Waals surface area contributed by atoms with Crippen LogP contribution in [0.1, 0.15) is 52.0 Å². The Morgan fingerprint density at radius 3 is 2.29 bits per heavy atom. The van der Waals surface area contributed by atoms with Gasteiger partial charge in [-0.2, -0.15) is 0 Å². The van der Waals surface area contributed by atoms with E-state index in [2.05, 4.69) is 24.4 Å². The molecule has 1 aromatic carbocycles. The number of nitrogens with one attached hydrogen (secondary N) is 1. The Balaban J connectivity index is 2.63. The lowest BCUT2D eigenvalue weighted by Gasteiger charge is -2.21. The van der Waals surface area contributed by atoms with Gasteiger partial charge < -0.3 is 5.32 Å². The molecule has 3 nitrogen and oxygen atoms in total. The molecule has 1 atom stereocenters. The van der Waals surface area contributed by atoms with Crippen LogP contribution in [-0.4, -0.2) is 32.0 Å². The first-order valence-corrected chi connectivity index (χ1v) is 9.41. The summed E-state index contributed by atoms with van der Waals surface area (Å²) in [4.78, 5) is 0. The van der Waals surface area contributed by atoms with Crippen LogP contribution in [0.25, 0.3) is 0 Å². The van der Waals surface area contributed by atoms with Gasteiger partial charge in [0, 0.05) is 6.54 Å². The smallest absolute Gasteiger partial charge is 0.155 e. The zero-order valence-corrected chi connectivity index (χ0v) is 14.5. The van der Waals surface area contributed by atoms with E-state index in [4.69, 9.17) is 0 Å². The van der Waals surface area contributed by atoms with E-state index >= 15 is 0 Å². The van der Waals surface area contributed by atoms with Crippen molar-refractivity contribution in [3.05, 3.63) is 35.9 Å². The van der Waals surface area contributed by atoms with Crippen molar-refractivity contribution in [2.45, 2.75) is 51.2 Å². The molecule has 1 rings (SSSR count). The SMILES string of the molecule is CCNCC(CCCS(=O)(=O)C(C)(C)C)c1ccccc1. The zero-order valence-electron chi connectivity index (χ0n) is 13.7. The Labute approximate surface area is 130 Å². The Morgan fingerprint density at radius 2 is 1.76 bits per heavy atom. The third-order valence-corrected chi connectivity index (χ3v) is 6.50. The second kappa shape index (κ2) is 7.95. The first-order valence-electron chi connectivity index (χ1n) is 7.76. The Hall–Kier alpha value is -0.870. The van der Waals surface area contributed by atoms with Crippen molar-refractivity contribution in [2.24, 2.45) is 0 Å². The van der Waals surface area contributed by atoms with Crippen LogP contribution in [0.2, 0.25) is 0 Å². The van der Waals surface area contributed by atoms with Crippen molar-refractivity contribution in [2.75, 3.05) is 18.8 Å². The lowest BCUT2D eigenvalue weighted by Crippen LogP contribution is -2.30. The summed E-state index contributed by atoms with van der Waals surface area (Å²) in [5, 5.41) is 3.38. The van der Waals surface area contributed by atoms with Crippen molar-refractivity contribution >= 4 is 9.84 Å². The van der Waals surface area contributed by atoms with E-state index in [1.807, 2.05) is 18.2 Å². The maximum atomic E-state index is 12.2. The molecule has 21 heavy (non-hydrogen) atoms. The molecule has 0 aromatic heterocycles. The van der Waals surface area contributed by atoms with Gasteiger partial charge in [-0.1, -0.05) is 37.3 Å². The van der Waals surface area contributed by atoms with Gasteiger partial charge in [0.1, 0.15) is 0 Å². The Morgan fingerprint density at radius 1 is 1.14 bits per heavy atom. The number of benzene rings is 1. The third kappa shape index (κ3) is 5.79. The molecule has 0 fully saturated rings. The van der Waals surface area contributed by atoms with Gasteiger partial charge in [0.25, 0.3) is 0 Å². The largest absolute Gasteiger partial charge is 0.316 e. The van der Waals surface area contributed by atoms with Gasteiger partial charge in [0.05, 0.1) is 10.5 Å². The lowest BCUT2D eigenvalue weighted by molar-refractivity contribution is 0.535. The molecule has 0 heterocycles. The van der Waals surface area contributed by atoms with Gasteiger partial charge in [-0.15, -0.1) is 0 Å².